The average molecular weight is 227 g/mol. The Hall–Kier alpha value is -0.120. The van der Waals surface area contributed by atoms with Crippen molar-refractivity contribution < 1.29 is 9.84 Å². The molecular formula is C13H25NO2. The summed E-state index contributed by atoms with van der Waals surface area (Å²) in [7, 11) is 0. The van der Waals surface area contributed by atoms with Gasteiger partial charge in [-0.2, -0.15) is 0 Å². The molecular weight excluding hydrogens is 202 g/mol. The van der Waals surface area contributed by atoms with E-state index in [-0.39, 0.29) is 12.1 Å². The van der Waals surface area contributed by atoms with E-state index >= 15 is 0 Å². The van der Waals surface area contributed by atoms with Crippen LogP contribution in [0.2, 0.25) is 0 Å². The first-order chi connectivity index (χ1) is 7.83. The molecule has 1 N–H and O–H groups in total. The highest BCUT2D eigenvalue weighted by Gasteiger charge is 2.33. The molecule has 2 saturated heterocycles. The largest absolute Gasteiger partial charge is 0.391 e. The smallest absolute Gasteiger partial charge is 0.0739 e. The Labute approximate surface area is 98.8 Å². The van der Waals surface area contributed by atoms with Crippen LogP contribution in [0.15, 0.2) is 0 Å². The number of aliphatic hydroxyl groups is 1. The summed E-state index contributed by atoms with van der Waals surface area (Å²) < 4.78 is 5.54. The number of hydrogen-bond acceptors (Lipinski definition) is 3. The Balaban J connectivity index is 2.02. The van der Waals surface area contributed by atoms with Gasteiger partial charge in [-0.05, 0) is 32.2 Å². The minimum absolute atomic E-state index is 0.180. The summed E-state index contributed by atoms with van der Waals surface area (Å²) in [6, 6.07) is 0.903. The predicted octanol–water partition coefficient (Wildman–Crippen LogP) is 1.79. The van der Waals surface area contributed by atoms with Crippen LogP contribution in [0.5, 0.6) is 0 Å². The normalized spacial score (nSPS) is 38.2. The van der Waals surface area contributed by atoms with Gasteiger partial charge >= 0.3 is 0 Å². The first-order valence-corrected chi connectivity index (χ1v) is 6.84. The van der Waals surface area contributed by atoms with E-state index in [0.29, 0.717) is 6.04 Å². The van der Waals surface area contributed by atoms with E-state index in [1.165, 1.54) is 32.1 Å². The highest BCUT2D eigenvalue weighted by molar-refractivity contribution is 4.87. The van der Waals surface area contributed by atoms with Gasteiger partial charge in [0.1, 0.15) is 0 Å². The molecule has 2 fully saturated rings. The van der Waals surface area contributed by atoms with E-state index in [1.807, 2.05) is 0 Å². The maximum absolute atomic E-state index is 10.1. The molecule has 0 aromatic rings. The molecule has 2 heterocycles. The molecule has 2 aliphatic rings. The number of likely N-dealkylation sites (tertiary alicyclic amines) is 1. The van der Waals surface area contributed by atoms with Crippen LogP contribution in [0.4, 0.5) is 0 Å². The van der Waals surface area contributed by atoms with Crippen molar-refractivity contribution in [1.82, 2.24) is 4.90 Å². The van der Waals surface area contributed by atoms with Crippen molar-refractivity contribution in [3.8, 4) is 0 Å². The van der Waals surface area contributed by atoms with Crippen molar-refractivity contribution in [2.75, 3.05) is 19.8 Å². The molecule has 2 aliphatic heterocycles. The van der Waals surface area contributed by atoms with Gasteiger partial charge in [-0.15, -0.1) is 0 Å². The number of hydrogen-bond donors (Lipinski definition) is 1. The Kier molecular flexibility index (Phi) is 4.62. The standard InChI is InChI=1S/C13H25NO2/c1-2-11-6-4-3-5-8-14(11)12-10-16-9-7-13(12)15/h11-13,15H,2-10H2,1H3. The second-order valence-electron chi connectivity index (χ2n) is 5.15. The predicted molar refractivity (Wildman–Crippen MR) is 64.5 cm³/mol. The number of aliphatic hydroxyl groups excluding tert-OH is 1. The maximum Gasteiger partial charge on any atom is 0.0739 e. The van der Waals surface area contributed by atoms with E-state index < -0.39 is 0 Å². The summed E-state index contributed by atoms with van der Waals surface area (Å²) >= 11 is 0. The van der Waals surface area contributed by atoms with Crippen LogP contribution in [-0.4, -0.2) is 48.0 Å². The fourth-order valence-electron chi connectivity index (χ4n) is 3.10. The van der Waals surface area contributed by atoms with Gasteiger partial charge in [-0.1, -0.05) is 19.8 Å². The molecule has 16 heavy (non-hydrogen) atoms. The zero-order valence-electron chi connectivity index (χ0n) is 10.4. The fraction of sp³-hybridized carbons (Fsp3) is 1.00. The lowest BCUT2D eigenvalue weighted by atomic mass is 10.0. The SMILES string of the molecule is CCC1CCCCCN1C1COCCC1O. The lowest BCUT2D eigenvalue weighted by molar-refractivity contribution is -0.0732. The van der Waals surface area contributed by atoms with Crippen molar-refractivity contribution >= 4 is 0 Å². The summed E-state index contributed by atoms with van der Waals surface area (Å²) in [6.07, 6.45) is 7.08. The second-order valence-corrected chi connectivity index (χ2v) is 5.15. The van der Waals surface area contributed by atoms with Gasteiger partial charge in [0, 0.05) is 12.6 Å². The molecule has 94 valence electrons. The first kappa shape index (κ1) is 12.3. The molecule has 0 saturated carbocycles. The topological polar surface area (TPSA) is 32.7 Å². The van der Waals surface area contributed by atoms with Gasteiger partial charge in [-0.25, -0.2) is 0 Å². The van der Waals surface area contributed by atoms with Gasteiger partial charge < -0.3 is 9.84 Å². The Bertz CT molecular complexity index is 210. The monoisotopic (exact) mass is 227 g/mol. The highest BCUT2D eigenvalue weighted by Crippen LogP contribution is 2.25. The van der Waals surface area contributed by atoms with E-state index in [1.54, 1.807) is 0 Å². The lowest BCUT2D eigenvalue weighted by Gasteiger charge is -2.41. The van der Waals surface area contributed by atoms with Gasteiger partial charge in [-0.3, -0.25) is 4.90 Å². The van der Waals surface area contributed by atoms with Crippen LogP contribution in [0.25, 0.3) is 0 Å². The summed E-state index contributed by atoms with van der Waals surface area (Å²) in [4.78, 5) is 2.52. The third-order valence-corrected chi connectivity index (χ3v) is 4.11. The molecule has 3 unspecified atom stereocenters. The highest BCUT2D eigenvalue weighted by atomic mass is 16.5. The minimum atomic E-state index is -0.180. The molecule has 3 heteroatoms. The quantitative estimate of drug-likeness (QED) is 0.780. The van der Waals surface area contributed by atoms with Crippen LogP contribution in [-0.2, 0) is 4.74 Å². The van der Waals surface area contributed by atoms with Gasteiger partial charge in [0.25, 0.3) is 0 Å². The number of nitrogens with zero attached hydrogens (tertiary/aromatic N) is 1. The van der Waals surface area contributed by atoms with Crippen LogP contribution < -0.4 is 0 Å². The van der Waals surface area contributed by atoms with Crippen molar-refractivity contribution in [2.24, 2.45) is 0 Å². The molecule has 2 rings (SSSR count). The van der Waals surface area contributed by atoms with Crippen LogP contribution in [0.1, 0.15) is 45.4 Å². The van der Waals surface area contributed by atoms with Gasteiger partial charge in [0.05, 0.1) is 18.8 Å². The molecule has 0 aromatic carbocycles. The van der Waals surface area contributed by atoms with Crippen molar-refractivity contribution in [2.45, 2.75) is 63.6 Å². The third-order valence-electron chi connectivity index (χ3n) is 4.11. The van der Waals surface area contributed by atoms with Crippen molar-refractivity contribution in [3.63, 3.8) is 0 Å². The zero-order chi connectivity index (χ0) is 11.4. The van der Waals surface area contributed by atoms with E-state index in [2.05, 4.69) is 11.8 Å². The first-order valence-electron chi connectivity index (χ1n) is 6.84. The van der Waals surface area contributed by atoms with Gasteiger partial charge in [0.15, 0.2) is 0 Å². The number of rotatable bonds is 2. The molecule has 0 amide bonds. The van der Waals surface area contributed by atoms with Crippen LogP contribution in [0, 0.1) is 0 Å². The molecule has 0 aliphatic carbocycles. The Morgan fingerprint density at radius 1 is 1.25 bits per heavy atom. The third kappa shape index (κ3) is 2.76. The maximum atomic E-state index is 10.1. The van der Waals surface area contributed by atoms with E-state index in [0.717, 1.165) is 26.2 Å². The van der Waals surface area contributed by atoms with Crippen LogP contribution in [0.3, 0.4) is 0 Å². The van der Waals surface area contributed by atoms with Gasteiger partial charge in [0.2, 0.25) is 0 Å². The van der Waals surface area contributed by atoms with E-state index in [9.17, 15) is 5.11 Å². The molecule has 0 bridgehead atoms. The number of ether oxygens (including phenoxy) is 1. The molecule has 0 spiro atoms. The zero-order valence-corrected chi connectivity index (χ0v) is 10.4. The van der Waals surface area contributed by atoms with Crippen molar-refractivity contribution in [1.29, 1.82) is 0 Å². The summed E-state index contributed by atoms with van der Waals surface area (Å²) in [5.74, 6) is 0. The molecule has 0 aromatic heterocycles. The molecule has 3 atom stereocenters. The Morgan fingerprint density at radius 3 is 2.88 bits per heavy atom. The fourth-order valence-corrected chi connectivity index (χ4v) is 3.10. The second kappa shape index (κ2) is 5.99. The summed E-state index contributed by atoms with van der Waals surface area (Å²) in [5, 5.41) is 10.1. The summed E-state index contributed by atoms with van der Waals surface area (Å²) in [5.41, 5.74) is 0. The summed E-state index contributed by atoms with van der Waals surface area (Å²) in [6.45, 7) is 4.85. The molecule has 0 radical (unpaired) electrons. The van der Waals surface area contributed by atoms with Crippen molar-refractivity contribution in [3.05, 3.63) is 0 Å². The lowest BCUT2D eigenvalue weighted by Crippen LogP contribution is -2.53. The molecule has 3 nitrogen and oxygen atoms in total. The Morgan fingerprint density at radius 2 is 2.12 bits per heavy atom. The minimum Gasteiger partial charge on any atom is -0.391 e. The van der Waals surface area contributed by atoms with E-state index in [4.69, 9.17) is 4.74 Å². The average Bonchev–Trinajstić information content (AvgIpc) is 2.54. The van der Waals surface area contributed by atoms with Crippen LogP contribution >= 0.6 is 0 Å².